The van der Waals surface area contributed by atoms with Crippen LogP contribution in [0.25, 0.3) is 0 Å². The van der Waals surface area contributed by atoms with E-state index in [9.17, 15) is 9.18 Å². The number of rotatable bonds is 4. The van der Waals surface area contributed by atoms with Gasteiger partial charge in [-0.05, 0) is 31.6 Å². The van der Waals surface area contributed by atoms with Crippen LogP contribution in [0.2, 0.25) is 0 Å². The number of nitrogens with zero attached hydrogens (tertiary/aromatic N) is 2. The van der Waals surface area contributed by atoms with E-state index in [1.165, 1.54) is 6.08 Å². The SMILES string of the molecule is CC/C(=N/C1C=CC(F)=C(C)C=C1C=O)N(C)CC. The average molecular weight is 264 g/mol. The summed E-state index contributed by atoms with van der Waals surface area (Å²) in [4.78, 5) is 17.7. The van der Waals surface area contributed by atoms with Crippen LogP contribution in [-0.2, 0) is 4.79 Å². The number of halogens is 1. The maximum atomic E-state index is 13.5. The Labute approximate surface area is 114 Å². The van der Waals surface area contributed by atoms with Crippen molar-refractivity contribution in [2.45, 2.75) is 33.2 Å². The largest absolute Gasteiger partial charge is 0.364 e. The molecule has 0 bridgehead atoms. The fourth-order valence-corrected chi connectivity index (χ4v) is 1.85. The van der Waals surface area contributed by atoms with Gasteiger partial charge in [0.15, 0.2) is 0 Å². The molecule has 0 aromatic carbocycles. The summed E-state index contributed by atoms with van der Waals surface area (Å²) in [6, 6.07) is -0.412. The van der Waals surface area contributed by atoms with Crippen molar-refractivity contribution in [3.05, 3.63) is 35.2 Å². The first-order valence-corrected chi connectivity index (χ1v) is 6.52. The molecule has 1 aliphatic rings. The maximum Gasteiger partial charge on any atom is 0.148 e. The Morgan fingerprint density at radius 2 is 2.21 bits per heavy atom. The maximum absolute atomic E-state index is 13.5. The Kier molecular flexibility index (Phi) is 5.67. The Bertz CT molecular complexity index is 461. The van der Waals surface area contributed by atoms with E-state index in [0.717, 1.165) is 25.1 Å². The number of hydrogen-bond donors (Lipinski definition) is 0. The Hall–Kier alpha value is -1.71. The normalized spacial score (nSPS) is 20.2. The molecule has 0 aromatic heterocycles. The van der Waals surface area contributed by atoms with Crippen LogP contribution in [0.5, 0.6) is 0 Å². The van der Waals surface area contributed by atoms with Crippen LogP contribution in [0.1, 0.15) is 27.2 Å². The molecule has 1 aliphatic carbocycles. The summed E-state index contributed by atoms with van der Waals surface area (Å²) in [5, 5.41) is 0. The molecule has 0 saturated carbocycles. The van der Waals surface area contributed by atoms with Crippen LogP contribution in [0.15, 0.2) is 40.2 Å². The van der Waals surface area contributed by atoms with Gasteiger partial charge in [-0.25, -0.2) is 4.39 Å². The highest BCUT2D eigenvalue weighted by Crippen LogP contribution is 2.20. The van der Waals surface area contributed by atoms with Gasteiger partial charge in [0.05, 0.1) is 11.9 Å². The molecule has 1 rings (SSSR count). The summed E-state index contributed by atoms with van der Waals surface area (Å²) >= 11 is 0. The summed E-state index contributed by atoms with van der Waals surface area (Å²) in [7, 11) is 1.96. The topological polar surface area (TPSA) is 32.7 Å². The van der Waals surface area contributed by atoms with Crippen molar-refractivity contribution < 1.29 is 9.18 Å². The van der Waals surface area contributed by atoms with E-state index in [0.29, 0.717) is 11.1 Å². The first-order chi connectivity index (χ1) is 9.03. The smallest absolute Gasteiger partial charge is 0.148 e. The minimum Gasteiger partial charge on any atom is -0.364 e. The zero-order chi connectivity index (χ0) is 14.4. The van der Waals surface area contributed by atoms with Gasteiger partial charge >= 0.3 is 0 Å². The highest BCUT2D eigenvalue weighted by molar-refractivity contribution is 5.84. The van der Waals surface area contributed by atoms with Crippen LogP contribution in [-0.4, -0.2) is 36.7 Å². The van der Waals surface area contributed by atoms with Crippen molar-refractivity contribution in [2.75, 3.05) is 13.6 Å². The fourth-order valence-electron chi connectivity index (χ4n) is 1.85. The van der Waals surface area contributed by atoms with Gasteiger partial charge in [0.2, 0.25) is 0 Å². The van der Waals surface area contributed by atoms with Gasteiger partial charge in [-0.1, -0.05) is 13.0 Å². The van der Waals surface area contributed by atoms with Crippen molar-refractivity contribution >= 4 is 12.1 Å². The number of carbonyl (C=O) groups excluding carboxylic acids is 1. The van der Waals surface area contributed by atoms with Crippen LogP contribution in [0.3, 0.4) is 0 Å². The highest BCUT2D eigenvalue weighted by atomic mass is 19.1. The molecule has 19 heavy (non-hydrogen) atoms. The van der Waals surface area contributed by atoms with Crippen LogP contribution in [0.4, 0.5) is 4.39 Å². The van der Waals surface area contributed by atoms with Crippen LogP contribution < -0.4 is 0 Å². The van der Waals surface area contributed by atoms with E-state index < -0.39 is 6.04 Å². The third-order valence-corrected chi connectivity index (χ3v) is 3.18. The number of aldehydes is 1. The van der Waals surface area contributed by atoms with Gasteiger partial charge in [-0.3, -0.25) is 9.79 Å². The molecule has 0 amide bonds. The minimum absolute atomic E-state index is 0.320. The third-order valence-electron chi connectivity index (χ3n) is 3.18. The molecule has 0 N–H and O–H groups in total. The Balaban J connectivity index is 3.13. The van der Waals surface area contributed by atoms with Crippen LogP contribution >= 0.6 is 0 Å². The second-order valence-electron chi connectivity index (χ2n) is 4.51. The molecule has 0 aromatic rings. The molecular weight excluding hydrogens is 243 g/mol. The number of carbonyl (C=O) groups is 1. The van der Waals surface area contributed by atoms with Gasteiger partial charge in [-0.15, -0.1) is 0 Å². The van der Waals surface area contributed by atoms with E-state index in [-0.39, 0.29) is 5.83 Å². The van der Waals surface area contributed by atoms with Crippen molar-refractivity contribution in [1.82, 2.24) is 4.90 Å². The molecule has 0 heterocycles. The number of aliphatic imine (C=N–C) groups is 1. The molecule has 0 aliphatic heterocycles. The highest BCUT2D eigenvalue weighted by Gasteiger charge is 2.15. The van der Waals surface area contributed by atoms with E-state index in [4.69, 9.17) is 0 Å². The Morgan fingerprint density at radius 3 is 2.74 bits per heavy atom. The Morgan fingerprint density at radius 1 is 1.53 bits per heavy atom. The summed E-state index contributed by atoms with van der Waals surface area (Å²) < 4.78 is 13.5. The first-order valence-electron chi connectivity index (χ1n) is 6.52. The van der Waals surface area contributed by atoms with E-state index >= 15 is 0 Å². The standard InChI is InChI=1S/C15H21FN2O/c1-5-15(18(4)6-2)17-14-8-7-13(16)11(3)9-12(14)10-19/h7-10,14H,5-6H2,1-4H3/b17-15-. The van der Waals surface area contributed by atoms with Crippen molar-refractivity contribution in [1.29, 1.82) is 0 Å². The number of allylic oxidation sites excluding steroid dienone is 4. The molecule has 1 unspecified atom stereocenters. The summed E-state index contributed by atoms with van der Waals surface area (Å²) in [6.07, 6.45) is 6.10. The van der Waals surface area contributed by atoms with Crippen molar-refractivity contribution in [3.63, 3.8) is 0 Å². The molecule has 0 fully saturated rings. The predicted molar refractivity (Wildman–Crippen MR) is 76.9 cm³/mol. The lowest BCUT2D eigenvalue weighted by Crippen LogP contribution is -2.27. The van der Waals surface area contributed by atoms with Gasteiger partial charge in [0, 0.05) is 25.6 Å². The minimum atomic E-state index is -0.412. The van der Waals surface area contributed by atoms with Gasteiger partial charge in [0.25, 0.3) is 0 Å². The summed E-state index contributed by atoms with van der Waals surface area (Å²) in [5.74, 6) is 0.587. The van der Waals surface area contributed by atoms with Gasteiger partial charge in [-0.2, -0.15) is 0 Å². The zero-order valence-corrected chi connectivity index (χ0v) is 12.0. The lowest BCUT2D eigenvalue weighted by Gasteiger charge is -2.20. The fraction of sp³-hybridized carbons (Fsp3) is 0.467. The van der Waals surface area contributed by atoms with Gasteiger partial charge < -0.3 is 4.90 Å². The second kappa shape index (κ2) is 7.02. The number of amidine groups is 1. The molecule has 4 heteroatoms. The zero-order valence-electron chi connectivity index (χ0n) is 12.0. The average Bonchev–Trinajstić information content (AvgIpc) is 2.56. The quantitative estimate of drug-likeness (QED) is 0.444. The first kappa shape index (κ1) is 15.3. The molecule has 0 saturated heterocycles. The summed E-state index contributed by atoms with van der Waals surface area (Å²) in [6.45, 7) is 6.54. The third kappa shape index (κ3) is 3.88. The van der Waals surface area contributed by atoms with Gasteiger partial charge in [0.1, 0.15) is 12.1 Å². The molecular formula is C15H21FN2O. The molecule has 0 radical (unpaired) electrons. The predicted octanol–water partition coefficient (Wildman–Crippen LogP) is 3.05. The monoisotopic (exact) mass is 264 g/mol. The second-order valence-corrected chi connectivity index (χ2v) is 4.51. The lowest BCUT2D eigenvalue weighted by molar-refractivity contribution is -0.105. The molecule has 104 valence electrons. The lowest BCUT2D eigenvalue weighted by atomic mass is 10.1. The van der Waals surface area contributed by atoms with E-state index in [1.54, 1.807) is 19.1 Å². The summed E-state index contributed by atoms with van der Waals surface area (Å²) in [5.41, 5.74) is 0.940. The van der Waals surface area contributed by atoms with E-state index in [1.807, 2.05) is 25.8 Å². The van der Waals surface area contributed by atoms with Crippen molar-refractivity contribution in [3.8, 4) is 0 Å². The van der Waals surface area contributed by atoms with Crippen LogP contribution in [0, 0.1) is 0 Å². The number of hydrogen-bond acceptors (Lipinski definition) is 2. The molecule has 1 atom stereocenters. The van der Waals surface area contributed by atoms with Crippen molar-refractivity contribution in [2.24, 2.45) is 4.99 Å². The van der Waals surface area contributed by atoms with E-state index in [2.05, 4.69) is 4.99 Å². The molecule has 3 nitrogen and oxygen atoms in total. The molecule has 0 spiro atoms.